The highest BCUT2D eigenvalue weighted by molar-refractivity contribution is 5.86. The molecule has 0 aromatic carbocycles. The lowest BCUT2D eigenvalue weighted by Crippen LogP contribution is -2.22. The summed E-state index contributed by atoms with van der Waals surface area (Å²) in [5, 5.41) is 5.37. The molecule has 0 saturated heterocycles. The number of ether oxygens (including phenoxy) is 1. The van der Waals surface area contributed by atoms with Crippen molar-refractivity contribution in [2.45, 2.75) is 32.6 Å². The summed E-state index contributed by atoms with van der Waals surface area (Å²) in [4.78, 5) is 37.0. The number of nitrogens with one attached hydrogen (secondary N) is 3. The summed E-state index contributed by atoms with van der Waals surface area (Å²) < 4.78 is 4.80. The van der Waals surface area contributed by atoms with Crippen LogP contribution < -0.4 is 22.1 Å². The fraction of sp³-hybridized carbons (Fsp3) is 0.500. The standard InChI is InChI=1S/C11H21NO2.C5H6N4O2/c1-3-5-6-7-8-12-9-10-14-11(13)4-2;6-4(10)8-3-1-2-7-5(11)9-3/h4,12H,2-3,5-10H2,1H3;1-2H,(H4,6,7,8,9,10,11). The van der Waals surface area contributed by atoms with E-state index >= 15 is 0 Å². The summed E-state index contributed by atoms with van der Waals surface area (Å²) in [5.41, 5.74) is 4.24. The fourth-order valence-electron chi connectivity index (χ4n) is 1.65. The number of hydrogen-bond acceptors (Lipinski definition) is 6. The Bertz CT molecular complexity index is 574. The molecule has 0 atom stereocenters. The van der Waals surface area contributed by atoms with Crippen LogP contribution in [0.2, 0.25) is 0 Å². The number of amides is 2. The van der Waals surface area contributed by atoms with E-state index in [9.17, 15) is 14.4 Å². The summed E-state index contributed by atoms with van der Waals surface area (Å²) in [6.07, 6.45) is 7.57. The quantitative estimate of drug-likeness (QED) is 0.283. The van der Waals surface area contributed by atoms with Gasteiger partial charge in [-0.15, -0.1) is 0 Å². The van der Waals surface area contributed by atoms with Crippen LogP contribution in [0, 0.1) is 0 Å². The van der Waals surface area contributed by atoms with Crippen LogP contribution in [0.3, 0.4) is 0 Å². The topological polar surface area (TPSA) is 139 Å². The van der Waals surface area contributed by atoms with Crippen LogP contribution in [0.15, 0.2) is 29.7 Å². The van der Waals surface area contributed by atoms with Crippen LogP contribution in [0.1, 0.15) is 32.6 Å². The Morgan fingerprint density at radius 1 is 1.36 bits per heavy atom. The summed E-state index contributed by atoms with van der Waals surface area (Å²) in [6.45, 7) is 7.67. The number of nitrogens with zero attached hydrogens (tertiary/aromatic N) is 1. The zero-order chi connectivity index (χ0) is 18.9. The number of unbranched alkanes of at least 4 members (excludes halogenated alkanes) is 3. The molecule has 9 heteroatoms. The molecule has 140 valence electrons. The molecule has 0 aliphatic carbocycles. The Balaban J connectivity index is 0.000000472. The molecule has 0 unspecified atom stereocenters. The van der Waals surface area contributed by atoms with Crippen LogP contribution in [-0.2, 0) is 9.53 Å². The third kappa shape index (κ3) is 14.6. The predicted molar refractivity (Wildman–Crippen MR) is 96.2 cm³/mol. The minimum Gasteiger partial charge on any atom is -0.461 e. The van der Waals surface area contributed by atoms with Gasteiger partial charge in [-0.25, -0.2) is 14.4 Å². The van der Waals surface area contributed by atoms with Crippen molar-refractivity contribution in [3.05, 3.63) is 35.4 Å². The Kier molecular flexibility index (Phi) is 13.3. The van der Waals surface area contributed by atoms with Gasteiger partial charge in [-0.1, -0.05) is 32.8 Å². The number of esters is 1. The molecule has 25 heavy (non-hydrogen) atoms. The zero-order valence-electron chi connectivity index (χ0n) is 14.5. The van der Waals surface area contributed by atoms with Crippen molar-refractivity contribution >= 4 is 17.8 Å². The smallest absolute Gasteiger partial charge is 0.346 e. The summed E-state index contributed by atoms with van der Waals surface area (Å²) in [6, 6.07) is 0.676. The number of anilines is 1. The molecule has 5 N–H and O–H groups in total. The molecule has 0 fully saturated rings. The Morgan fingerprint density at radius 2 is 2.12 bits per heavy atom. The number of H-pyrrole nitrogens is 1. The first-order valence-corrected chi connectivity index (χ1v) is 8.11. The Labute approximate surface area is 147 Å². The van der Waals surface area contributed by atoms with Gasteiger partial charge in [0.2, 0.25) is 0 Å². The van der Waals surface area contributed by atoms with Crippen molar-refractivity contribution in [2.75, 3.05) is 25.0 Å². The van der Waals surface area contributed by atoms with Gasteiger partial charge in [0, 0.05) is 18.8 Å². The van der Waals surface area contributed by atoms with E-state index in [4.69, 9.17) is 10.5 Å². The SMILES string of the molecule is C=CC(=O)OCCNCCCCCC.NC(=O)Nc1cc[nH]c(=O)n1. The number of carbonyl (C=O) groups is 2. The van der Waals surface area contributed by atoms with Crippen molar-refractivity contribution in [2.24, 2.45) is 5.73 Å². The largest absolute Gasteiger partial charge is 0.461 e. The number of nitrogens with two attached hydrogens (primary N) is 1. The molecule has 0 saturated carbocycles. The van der Waals surface area contributed by atoms with Gasteiger partial charge in [0.15, 0.2) is 0 Å². The second-order valence-electron chi connectivity index (χ2n) is 4.95. The third-order valence-electron chi connectivity index (χ3n) is 2.82. The second-order valence-corrected chi connectivity index (χ2v) is 4.95. The van der Waals surface area contributed by atoms with Gasteiger partial charge < -0.3 is 20.8 Å². The van der Waals surface area contributed by atoms with Crippen molar-refractivity contribution < 1.29 is 14.3 Å². The molecule has 0 bridgehead atoms. The number of rotatable bonds is 10. The maximum absolute atomic E-state index is 10.6. The van der Waals surface area contributed by atoms with Gasteiger partial charge in [-0.2, -0.15) is 4.98 Å². The number of carbonyl (C=O) groups excluding carboxylic acids is 2. The van der Waals surface area contributed by atoms with Gasteiger partial charge in [0.05, 0.1) is 0 Å². The fourth-order valence-corrected chi connectivity index (χ4v) is 1.65. The van der Waals surface area contributed by atoms with Crippen LogP contribution in [-0.4, -0.2) is 41.7 Å². The minimum absolute atomic E-state index is 0.140. The lowest BCUT2D eigenvalue weighted by molar-refractivity contribution is -0.137. The molecule has 0 aliphatic rings. The normalized spacial score (nSPS) is 9.48. The molecule has 9 nitrogen and oxygen atoms in total. The maximum Gasteiger partial charge on any atom is 0.346 e. The van der Waals surface area contributed by atoms with E-state index in [1.165, 1.54) is 44.0 Å². The summed E-state index contributed by atoms with van der Waals surface area (Å²) in [7, 11) is 0. The van der Waals surface area contributed by atoms with Gasteiger partial charge in [-0.3, -0.25) is 5.32 Å². The van der Waals surface area contributed by atoms with Crippen LogP contribution in [0.5, 0.6) is 0 Å². The second kappa shape index (κ2) is 14.9. The highest BCUT2D eigenvalue weighted by Gasteiger charge is 1.96. The Morgan fingerprint density at radius 3 is 2.72 bits per heavy atom. The van der Waals surface area contributed by atoms with Gasteiger partial charge in [0.1, 0.15) is 12.4 Å². The maximum atomic E-state index is 10.6. The van der Waals surface area contributed by atoms with E-state index in [-0.39, 0.29) is 11.8 Å². The molecule has 0 spiro atoms. The van der Waals surface area contributed by atoms with Gasteiger partial charge in [-0.05, 0) is 19.0 Å². The van der Waals surface area contributed by atoms with E-state index in [0.717, 1.165) is 13.1 Å². The van der Waals surface area contributed by atoms with E-state index < -0.39 is 11.7 Å². The number of primary amides is 1. The average Bonchev–Trinajstić information content (AvgIpc) is 2.57. The number of aromatic amines is 1. The minimum atomic E-state index is -0.747. The molecule has 0 aliphatic heterocycles. The summed E-state index contributed by atoms with van der Waals surface area (Å²) in [5.74, 6) is -0.209. The van der Waals surface area contributed by atoms with E-state index in [0.29, 0.717) is 6.61 Å². The number of urea groups is 1. The molecule has 1 rings (SSSR count). The third-order valence-corrected chi connectivity index (χ3v) is 2.82. The van der Waals surface area contributed by atoms with E-state index in [1.807, 2.05) is 0 Å². The number of hydrogen-bond donors (Lipinski definition) is 4. The van der Waals surface area contributed by atoms with Crippen LogP contribution in [0.25, 0.3) is 0 Å². The predicted octanol–water partition coefficient (Wildman–Crippen LogP) is 1.15. The zero-order valence-corrected chi connectivity index (χ0v) is 14.5. The lowest BCUT2D eigenvalue weighted by Gasteiger charge is -2.04. The number of aromatic nitrogens is 2. The lowest BCUT2D eigenvalue weighted by atomic mass is 10.2. The molecule has 0 radical (unpaired) electrons. The van der Waals surface area contributed by atoms with Gasteiger partial charge in [0.25, 0.3) is 0 Å². The van der Waals surface area contributed by atoms with Gasteiger partial charge >= 0.3 is 17.7 Å². The average molecular weight is 353 g/mol. The molecule has 1 aromatic heterocycles. The van der Waals surface area contributed by atoms with Crippen molar-refractivity contribution in [3.63, 3.8) is 0 Å². The summed E-state index contributed by atoms with van der Waals surface area (Å²) >= 11 is 0. The molecule has 2 amide bonds. The first-order chi connectivity index (χ1) is 12.0. The Hall–Kier alpha value is -2.68. The first kappa shape index (κ1) is 22.3. The molecular formula is C16H27N5O4. The van der Waals surface area contributed by atoms with Crippen LogP contribution >= 0.6 is 0 Å². The molecular weight excluding hydrogens is 326 g/mol. The van der Waals surface area contributed by atoms with Crippen LogP contribution in [0.4, 0.5) is 10.6 Å². The first-order valence-electron chi connectivity index (χ1n) is 8.11. The van der Waals surface area contributed by atoms with Crippen molar-refractivity contribution in [1.29, 1.82) is 0 Å². The molecule has 1 aromatic rings. The van der Waals surface area contributed by atoms with E-state index in [1.54, 1.807) is 0 Å². The monoisotopic (exact) mass is 353 g/mol. The van der Waals surface area contributed by atoms with Crippen molar-refractivity contribution in [3.8, 4) is 0 Å². The highest BCUT2D eigenvalue weighted by atomic mass is 16.5. The van der Waals surface area contributed by atoms with Crippen molar-refractivity contribution in [1.82, 2.24) is 15.3 Å². The highest BCUT2D eigenvalue weighted by Crippen LogP contribution is 1.96. The molecule has 1 heterocycles. The van der Waals surface area contributed by atoms with E-state index in [2.05, 4.69) is 34.1 Å².